The lowest BCUT2D eigenvalue weighted by Gasteiger charge is -2.02. The average molecular weight is 167 g/mol. The van der Waals surface area contributed by atoms with Gasteiger partial charge >= 0.3 is 6.03 Å². The lowest BCUT2D eigenvalue weighted by atomic mass is 10.1. The maximum Gasteiger partial charge on any atom is 0.324 e. The molecule has 12 heavy (non-hydrogen) atoms. The summed E-state index contributed by atoms with van der Waals surface area (Å²) in [7, 11) is 0. The van der Waals surface area contributed by atoms with Gasteiger partial charge in [-0.05, 0) is 12.8 Å². The zero-order valence-electron chi connectivity index (χ0n) is 7.53. The number of nitrogens with two attached hydrogens (primary N) is 1. The number of carbonyl (C=O) groups excluding carboxylic acids is 1. The molecule has 0 fully saturated rings. The molecule has 4 heteroatoms. The van der Waals surface area contributed by atoms with Gasteiger partial charge in [0, 0.05) is 5.69 Å². The summed E-state index contributed by atoms with van der Waals surface area (Å²) >= 11 is 0. The molecule has 0 saturated carbocycles. The number of primary amides is 1. The van der Waals surface area contributed by atoms with Crippen molar-refractivity contribution in [1.82, 2.24) is 9.55 Å². The third kappa shape index (κ3) is 1.32. The van der Waals surface area contributed by atoms with Gasteiger partial charge in [-0.25, -0.2) is 9.78 Å². The van der Waals surface area contributed by atoms with Crippen LogP contribution in [0.4, 0.5) is 4.79 Å². The summed E-state index contributed by atoms with van der Waals surface area (Å²) in [6.07, 6.45) is 1.47. The summed E-state index contributed by atoms with van der Waals surface area (Å²) < 4.78 is 1.36. The van der Waals surface area contributed by atoms with Crippen molar-refractivity contribution in [2.24, 2.45) is 5.73 Å². The minimum Gasteiger partial charge on any atom is -0.351 e. The molecule has 0 bridgehead atoms. The minimum absolute atomic E-state index is 0.325. The average Bonchev–Trinajstić information content (AvgIpc) is 2.30. The molecule has 0 aliphatic rings. The van der Waals surface area contributed by atoms with Crippen LogP contribution >= 0.6 is 0 Å². The van der Waals surface area contributed by atoms with Crippen molar-refractivity contribution < 1.29 is 4.79 Å². The van der Waals surface area contributed by atoms with E-state index < -0.39 is 6.03 Å². The van der Waals surface area contributed by atoms with E-state index in [2.05, 4.69) is 4.98 Å². The van der Waals surface area contributed by atoms with E-state index in [1.807, 2.05) is 20.8 Å². The first-order valence-corrected chi connectivity index (χ1v) is 3.87. The van der Waals surface area contributed by atoms with Gasteiger partial charge in [0.1, 0.15) is 6.33 Å². The van der Waals surface area contributed by atoms with Crippen LogP contribution < -0.4 is 5.73 Å². The summed E-state index contributed by atoms with van der Waals surface area (Å²) in [6.45, 7) is 5.90. The van der Waals surface area contributed by atoms with E-state index in [-0.39, 0.29) is 0 Å². The van der Waals surface area contributed by atoms with Crippen LogP contribution in [0.1, 0.15) is 31.2 Å². The number of amides is 1. The monoisotopic (exact) mass is 167 g/mol. The maximum atomic E-state index is 10.8. The summed E-state index contributed by atoms with van der Waals surface area (Å²) in [5.41, 5.74) is 6.87. The maximum absolute atomic E-state index is 10.8. The van der Waals surface area contributed by atoms with E-state index in [1.165, 1.54) is 10.9 Å². The molecule has 0 spiro atoms. The second-order valence-corrected chi connectivity index (χ2v) is 3.08. The third-order valence-corrected chi connectivity index (χ3v) is 1.83. The van der Waals surface area contributed by atoms with E-state index in [0.29, 0.717) is 5.92 Å². The van der Waals surface area contributed by atoms with Crippen LogP contribution in [0.5, 0.6) is 0 Å². The van der Waals surface area contributed by atoms with Gasteiger partial charge in [-0.1, -0.05) is 13.8 Å². The molecule has 1 heterocycles. The van der Waals surface area contributed by atoms with Crippen LogP contribution in [-0.4, -0.2) is 15.6 Å². The van der Waals surface area contributed by atoms with Crippen LogP contribution in [0.3, 0.4) is 0 Å². The van der Waals surface area contributed by atoms with E-state index >= 15 is 0 Å². The van der Waals surface area contributed by atoms with Gasteiger partial charge in [-0.15, -0.1) is 0 Å². The van der Waals surface area contributed by atoms with Crippen molar-refractivity contribution in [2.75, 3.05) is 0 Å². The predicted molar refractivity (Wildman–Crippen MR) is 46.0 cm³/mol. The molecule has 1 amide bonds. The Morgan fingerprint density at radius 3 is 2.50 bits per heavy atom. The first-order chi connectivity index (χ1) is 5.54. The van der Waals surface area contributed by atoms with Crippen LogP contribution in [0.15, 0.2) is 6.33 Å². The molecule has 0 aromatic carbocycles. The predicted octanol–water partition coefficient (Wildman–Crippen LogP) is 1.24. The Labute approximate surface area is 71.4 Å². The number of rotatable bonds is 1. The van der Waals surface area contributed by atoms with Crippen molar-refractivity contribution in [1.29, 1.82) is 0 Å². The van der Waals surface area contributed by atoms with Gasteiger partial charge < -0.3 is 5.73 Å². The summed E-state index contributed by atoms with van der Waals surface area (Å²) in [5, 5.41) is 0. The highest BCUT2D eigenvalue weighted by Crippen LogP contribution is 2.15. The molecule has 1 aromatic rings. The number of aromatic nitrogens is 2. The third-order valence-electron chi connectivity index (χ3n) is 1.83. The molecule has 1 aromatic heterocycles. The zero-order chi connectivity index (χ0) is 9.30. The molecule has 0 atom stereocenters. The Kier molecular flexibility index (Phi) is 2.17. The fraction of sp³-hybridized carbons (Fsp3) is 0.500. The highest BCUT2D eigenvalue weighted by molar-refractivity contribution is 5.75. The first kappa shape index (κ1) is 8.77. The smallest absolute Gasteiger partial charge is 0.324 e. The Balaban J connectivity index is 3.13. The SMILES string of the molecule is Cc1c(C(C)C)ncn1C(N)=O. The van der Waals surface area contributed by atoms with Crippen LogP contribution in [0.25, 0.3) is 0 Å². The molecule has 66 valence electrons. The zero-order valence-corrected chi connectivity index (χ0v) is 7.53. The summed E-state index contributed by atoms with van der Waals surface area (Å²) in [4.78, 5) is 14.9. The molecule has 0 saturated heterocycles. The van der Waals surface area contributed by atoms with E-state index in [1.54, 1.807) is 0 Å². The van der Waals surface area contributed by atoms with Gasteiger partial charge in [-0.2, -0.15) is 0 Å². The van der Waals surface area contributed by atoms with Crippen molar-refractivity contribution in [3.63, 3.8) is 0 Å². The molecule has 4 nitrogen and oxygen atoms in total. The Bertz CT molecular complexity index is 301. The van der Waals surface area contributed by atoms with Gasteiger partial charge in [-0.3, -0.25) is 4.57 Å². The Morgan fingerprint density at radius 2 is 2.25 bits per heavy atom. The summed E-state index contributed by atoms with van der Waals surface area (Å²) in [6, 6.07) is -0.480. The molecule has 0 aliphatic carbocycles. The molecular formula is C8H13N3O. The fourth-order valence-electron chi connectivity index (χ4n) is 1.21. The van der Waals surface area contributed by atoms with Gasteiger partial charge in [0.05, 0.1) is 5.69 Å². The number of carbonyl (C=O) groups is 1. The quantitative estimate of drug-likeness (QED) is 0.684. The van der Waals surface area contributed by atoms with Crippen LogP contribution in [0, 0.1) is 6.92 Å². The van der Waals surface area contributed by atoms with Crippen molar-refractivity contribution in [2.45, 2.75) is 26.7 Å². The highest BCUT2D eigenvalue weighted by Gasteiger charge is 2.11. The van der Waals surface area contributed by atoms with Gasteiger partial charge in [0.15, 0.2) is 0 Å². The number of hydrogen-bond acceptors (Lipinski definition) is 2. The second kappa shape index (κ2) is 2.97. The molecule has 1 rings (SSSR count). The number of nitrogens with zero attached hydrogens (tertiary/aromatic N) is 2. The fourth-order valence-corrected chi connectivity index (χ4v) is 1.21. The molecule has 2 N–H and O–H groups in total. The molecule has 0 unspecified atom stereocenters. The van der Waals surface area contributed by atoms with E-state index in [0.717, 1.165) is 11.4 Å². The number of imidazole rings is 1. The summed E-state index contributed by atoms with van der Waals surface area (Å²) in [5.74, 6) is 0.325. The van der Waals surface area contributed by atoms with Crippen molar-refractivity contribution >= 4 is 6.03 Å². The van der Waals surface area contributed by atoms with Crippen molar-refractivity contribution in [3.05, 3.63) is 17.7 Å². The molecule has 0 radical (unpaired) electrons. The lowest BCUT2D eigenvalue weighted by Crippen LogP contribution is -2.19. The standard InChI is InChI=1S/C8H13N3O/c1-5(2)7-6(3)11(4-10-7)8(9)12/h4-5H,1-3H3,(H2,9,12). The molecule has 0 aliphatic heterocycles. The lowest BCUT2D eigenvalue weighted by molar-refractivity contribution is 0.250. The largest absolute Gasteiger partial charge is 0.351 e. The Hall–Kier alpha value is -1.32. The minimum atomic E-state index is -0.480. The highest BCUT2D eigenvalue weighted by atomic mass is 16.2. The Morgan fingerprint density at radius 1 is 1.67 bits per heavy atom. The van der Waals surface area contributed by atoms with E-state index in [4.69, 9.17) is 5.73 Å². The number of hydrogen-bond donors (Lipinski definition) is 1. The van der Waals surface area contributed by atoms with Crippen LogP contribution in [-0.2, 0) is 0 Å². The normalized spacial score (nSPS) is 10.7. The van der Waals surface area contributed by atoms with Gasteiger partial charge in [0.25, 0.3) is 0 Å². The van der Waals surface area contributed by atoms with Gasteiger partial charge in [0.2, 0.25) is 0 Å². The first-order valence-electron chi connectivity index (χ1n) is 3.87. The van der Waals surface area contributed by atoms with Crippen molar-refractivity contribution in [3.8, 4) is 0 Å². The molecular weight excluding hydrogens is 154 g/mol. The topological polar surface area (TPSA) is 60.9 Å². The van der Waals surface area contributed by atoms with Crippen LogP contribution in [0.2, 0.25) is 0 Å². The van der Waals surface area contributed by atoms with E-state index in [9.17, 15) is 4.79 Å². The second-order valence-electron chi connectivity index (χ2n) is 3.08.